The summed E-state index contributed by atoms with van der Waals surface area (Å²) in [6.45, 7) is 2.52. The molecule has 0 unspecified atom stereocenters. The van der Waals surface area contributed by atoms with E-state index in [1.807, 2.05) is 30.3 Å². The Labute approximate surface area is 226 Å². The highest BCUT2D eigenvalue weighted by Crippen LogP contribution is 2.31. The second-order valence-electron chi connectivity index (χ2n) is 10.1. The van der Waals surface area contributed by atoms with E-state index >= 15 is 0 Å². The largest absolute Gasteiger partial charge is 0.511 e. The van der Waals surface area contributed by atoms with Crippen LogP contribution in [0.2, 0.25) is 0 Å². The summed E-state index contributed by atoms with van der Waals surface area (Å²) in [6, 6.07) is 15.4. The first-order chi connectivity index (χ1) is 18.5. The van der Waals surface area contributed by atoms with Crippen LogP contribution in [-0.4, -0.2) is 79.8 Å². The number of benzene rings is 2. The van der Waals surface area contributed by atoms with Crippen molar-refractivity contribution in [1.82, 2.24) is 14.1 Å². The molecule has 2 fully saturated rings. The van der Waals surface area contributed by atoms with Gasteiger partial charge in [-0.25, -0.2) is 12.8 Å². The van der Waals surface area contributed by atoms with Crippen LogP contribution in [-0.2, 0) is 14.8 Å². The molecule has 2 heterocycles. The van der Waals surface area contributed by atoms with E-state index in [4.69, 9.17) is 0 Å². The molecule has 0 aliphatic carbocycles. The lowest BCUT2D eigenvalue weighted by Gasteiger charge is -2.40. The predicted molar refractivity (Wildman–Crippen MR) is 141 cm³/mol. The number of halogens is 4. The number of carbonyl (C=O) groups excluding carboxylic acids is 1. The average Bonchev–Trinajstić information content (AvgIpc) is 2.91. The van der Waals surface area contributed by atoms with Crippen LogP contribution >= 0.6 is 0 Å². The van der Waals surface area contributed by atoms with Gasteiger partial charge in [0.15, 0.2) is 0 Å². The second-order valence-corrected chi connectivity index (χ2v) is 12.1. The molecule has 1 N–H and O–H groups in total. The molecule has 2 aromatic rings. The molecule has 0 spiro atoms. The molecular weight excluding hydrogens is 536 g/mol. The fourth-order valence-electron chi connectivity index (χ4n) is 5.36. The van der Waals surface area contributed by atoms with Crippen molar-refractivity contribution in [3.63, 3.8) is 0 Å². The highest BCUT2D eigenvalue weighted by Gasteiger charge is 2.50. The Kier molecular flexibility index (Phi) is 9.63. The van der Waals surface area contributed by atoms with Gasteiger partial charge >= 0.3 is 15.5 Å². The van der Waals surface area contributed by atoms with Gasteiger partial charge < -0.3 is 10.2 Å². The van der Waals surface area contributed by atoms with E-state index in [1.165, 1.54) is 24.3 Å². The lowest BCUT2D eigenvalue weighted by Crippen LogP contribution is -2.52. The van der Waals surface area contributed by atoms with E-state index in [0.717, 1.165) is 44.5 Å². The third-order valence-electron chi connectivity index (χ3n) is 7.56. The molecule has 2 aromatic carbocycles. The van der Waals surface area contributed by atoms with E-state index in [-0.39, 0.29) is 49.9 Å². The Balaban J connectivity index is 1.27. The zero-order valence-electron chi connectivity index (χ0n) is 21.6. The molecule has 2 aliphatic heterocycles. The number of carbonyl (C=O) groups is 1. The van der Waals surface area contributed by atoms with Gasteiger partial charge in [-0.05, 0) is 74.6 Å². The minimum Gasteiger partial charge on any atom is -0.326 e. The summed E-state index contributed by atoms with van der Waals surface area (Å²) in [6.07, 6.45) is 2.91. The lowest BCUT2D eigenvalue weighted by molar-refractivity contribution is -0.117. The number of nitrogens with one attached hydrogen (secondary N) is 1. The van der Waals surface area contributed by atoms with Gasteiger partial charge in [0.2, 0.25) is 5.91 Å². The van der Waals surface area contributed by atoms with Crippen LogP contribution in [0.1, 0.15) is 37.3 Å². The van der Waals surface area contributed by atoms with Gasteiger partial charge in [0.25, 0.3) is 0 Å². The van der Waals surface area contributed by atoms with E-state index in [1.54, 1.807) is 0 Å². The SMILES string of the molecule is O=C(CC1CCN(CC[C@@H](c2ccccc2)N2CCN(S(=O)(=O)C(F)(F)F)CC2)CC1)Nc1ccc(F)cc1. The summed E-state index contributed by atoms with van der Waals surface area (Å²) < 4.78 is 76.2. The van der Waals surface area contributed by atoms with Crippen LogP contribution in [0, 0.1) is 11.7 Å². The molecule has 1 atom stereocenters. The molecule has 214 valence electrons. The number of anilines is 1. The Morgan fingerprint density at radius 2 is 1.54 bits per heavy atom. The lowest BCUT2D eigenvalue weighted by atomic mass is 9.92. The molecule has 0 radical (unpaired) electrons. The van der Waals surface area contributed by atoms with Gasteiger partial charge in [0, 0.05) is 44.3 Å². The van der Waals surface area contributed by atoms with Crippen LogP contribution in [0.4, 0.5) is 23.2 Å². The van der Waals surface area contributed by atoms with E-state index in [0.29, 0.717) is 16.4 Å². The maximum atomic E-state index is 13.1. The van der Waals surface area contributed by atoms with Crippen molar-refractivity contribution in [2.45, 2.75) is 37.2 Å². The van der Waals surface area contributed by atoms with Crippen molar-refractivity contribution in [1.29, 1.82) is 0 Å². The Morgan fingerprint density at radius 3 is 2.13 bits per heavy atom. The monoisotopic (exact) mass is 570 g/mol. The highest BCUT2D eigenvalue weighted by atomic mass is 32.2. The molecule has 2 aliphatic rings. The molecule has 0 saturated carbocycles. The second kappa shape index (κ2) is 12.8. The standard InChI is InChI=1S/C27H34F4N4O3S/c28-23-6-8-24(9-7-23)32-26(36)20-21-10-13-33(14-11-21)15-12-25(22-4-2-1-3-5-22)34-16-18-35(19-17-34)39(37,38)27(29,30)31/h1-9,21,25H,10-20H2,(H,32,36)/t25-/m0/s1. The van der Waals surface area contributed by atoms with Gasteiger partial charge in [-0.3, -0.25) is 9.69 Å². The molecule has 7 nitrogen and oxygen atoms in total. The Morgan fingerprint density at radius 1 is 0.923 bits per heavy atom. The number of rotatable bonds is 9. The third kappa shape index (κ3) is 7.77. The number of piperazine rings is 1. The fraction of sp³-hybridized carbons (Fsp3) is 0.519. The summed E-state index contributed by atoms with van der Waals surface area (Å²) in [5.41, 5.74) is -3.67. The molecular formula is C27H34F4N4O3S. The van der Waals surface area contributed by atoms with Crippen LogP contribution < -0.4 is 5.32 Å². The smallest absolute Gasteiger partial charge is 0.326 e. The van der Waals surface area contributed by atoms with Crippen molar-refractivity contribution in [2.24, 2.45) is 5.92 Å². The van der Waals surface area contributed by atoms with Crippen LogP contribution in [0.25, 0.3) is 0 Å². The Bertz CT molecular complexity index is 1180. The molecule has 12 heteroatoms. The summed E-state index contributed by atoms with van der Waals surface area (Å²) >= 11 is 0. The van der Waals surface area contributed by atoms with Crippen molar-refractivity contribution in [3.8, 4) is 0 Å². The first-order valence-electron chi connectivity index (χ1n) is 13.2. The minimum atomic E-state index is -5.32. The number of likely N-dealkylation sites (tertiary alicyclic amines) is 1. The number of alkyl halides is 3. The van der Waals surface area contributed by atoms with Crippen LogP contribution in [0.15, 0.2) is 54.6 Å². The minimum absolute atomic E-state index is 0.0406. The van der Waals surface area contributed by atoms with Crippen molar-refractivity contribution in [2.75, 3.05) is 51.1 Å². The fourth-order valence-corrected chi connectivity index (χ4v) is 6.30. The number of piperidine rings is 1. The topological polar surface area (TPSA) is 73.0 Å². The maximum absolute atomic E-state index is 13.1. The third-order valence-corrected chi connectivity index (χ3v) is 9.19. The molecule has 0 aromatic heterocycles. The van der Waals surface area contributed by atoms with Crippen LogP contribution in [0.3, 0.4) is 0 Å². The van der Waals surface area contributed by atoms with Gasteiger partial charge in [0.05, 0.1) is 0 Å². The predicted octanol–water partition coefficient (Wildman–Crippen LogP) is 4.46. The first-order valence-corrected chi connectivity index (χ1v) is 14.6. The molecule has 39 heavy (non-hydrogen) atoms. The molecule has 4 rings (SSSR count). The van der Waals surface area contributed by atoms with Crippen molar-refractivity contribution >= 4 is 21.6 Å². The van der Waals surface area contributed by atoms with E-state index in [2.05, 4.69) is 15.1 Å². The van der Waals surface area contributed by atoms with Crippen LogP contribution in [0.5, 0.6) is 0 Å². The number of hydrogen-bond donors (Lipinski definition) is 1. The number of hydrogen-bond acceptors (Lipinski definition) is 5. The normalized spacial score (nSPS) is 19.6. The van der Waals surface area contributed by atoms with Crippen molar-refractivity contribution < 1.29 is 30.8 Å². The summed E-state index contributed by atoms with van der Waals surface area (Å²) in [4.78, 5) is 16.8. The van der Waals surface area contributed by atoms with Gasteiger partial charge in [-0.2, -0.15) is 17.5 Å². The zero-order chi connectivity index (χ0) is 28.0. The summed E-state index contributed by atoms with van der Waals surface area (Å²) in [5, 5.41) is 2.81. The Hall–Kier alpha value is -2.54. The first kappa shape index (κ1) is 29.4. The number of sulfonamides is 1. The number of nitrogens with zero attached hydrogens (tertiary/aromatic N) is 3. The van der Waals surface area contributed by atoms with E-state index in [9.17, 15) is 30.8 Å². The highest BCUT2D eigenvalue weighted by molar-refractivity contribution is 7.90. The number of amides is 1. The molecule has 0 bridgehead atoms. The summed E-state index contributed by atoms with van der Waals surface area (Å²) in [7, 11) is -5.32. The quantitative estimate of drug-likeness (QED) is 0.451. The van der Waals surface area contributed by atoms with Gasteiger partial charge in [-0.1, -0.05) is 30.3 Å². The summed E-state index contributed by atoms with van der Waals surface area (Å²) in [5.74, 6) is -0.183. The zero-order valence-corrected chi connectivity index (χ0v) is 22.4. The molecule has 2 saturated heterocycles. The van der Waals surface area contributed by atoms with E-state index < -0.39 is 15.5 Å². The van der Waals surface area contributed by atoms with Gasteiger partial charge in [0.1, 0.15) is 5.82 Å². The molecule has 1 amide bonds. The average molecular weight is 571 g/mol. The maximum Gasteiger partial charge on any atom is 0.511 e. The van der Waals surface area contributed by atoms with Crippen molar-refractivity contribution in [3.05, 3.63) is 66.0 Å². The van der Waals surface area contributed by atoms with Gasteiger partial charge in [-0.15, -0.1) is 0 Å².